The van der Waals surface area contributed by atoms with Crippen molar-refractivity contribution < 1.29 is 14.3 Å². The normalized spacial score (nSPS) is 19.2. The van der Waals surface area contributed by atoms with Gasteiger partial charge in [-0.05, 0) is 50.7 Å². The van der Waals surface area contributed by atoms with Crippen LogP contribution in [0.5, 0.6) is 0 Å². The number of hydrogen-bond donors (Lipinski definition) is 2. The Hall–Kier alpha value is -2.54. The third kappa shape index (κ3) is 5.09. The summed E-state index contributed by atoms with van der Waals surface area (Å²) in [5.74, 6) is 0.222. The number of aryl methyl sites for hydroxylation is 1. The van der Waals surface area contributed by atoms with Crippen LogP contribution in [-0.2, 0) is 17.8 Å². The highest BCUT2D eigenvalue weighted by molar-refractivity contribution is 5.77. The lowest BCUT2D eigenvalue weighted by molar-refractivity contribution is -0.122. The van der Waals surface area contributed by atoms with Crippen molar-refractivity contribution in [2.75, 3.05) is 6.61 Å². The number of rotatable bonds is 6. The van der Waals surface area contributed by atoms with Crippen molar-refractivity contribution in [3.63, 3.8) is 0 Å². The molecule has 1 saturated carbocycles. The zero-order valence-corrected chi connectivity index (χ0v) is 16.9. The fourth-order valence-corrected chi connectivity index (χ4v) is 3.92. The predicted octanol–water partition coefficient (Wildman–Crippen LogP) is 2.59. The molecule has 0 saturated heterocycles. The van der Waals surface area contributed by atoms with Crippen molar-refractivity contribution in [1.29, 1.82) is 0 Å². The molecule has 1 fully saturated rings. The van der Waals surface area contributed by atoms with Crippen LogP contribution in [0.25, 0.3) is 11.4 Å². The van der Waals surface area contributed by atoms with Gasteiger partial charge in [0.15, 0.2) is 0 Å². The zero-order chi connectivity index (χ0) is 21.0. The van der Waals surface area contributed by atoms with Crippen LogP contribution >= 0.6 is 0 Å². The third-order valence-electron chi connectivity index (χ3n) is 5.60. The lowest BCUT2D eigenvalue weighted by Crippen LogP contribution is -2.41. The van der Waals surface area contributed by atoms with E-state index in [1.165, 1.54) is 16.7 Å². The summed E-state index contributed by atoms with van der Waals surface area (Å²) in [6.45, 7) is 3.51. The Morgan fingerprint density at radius 1 is 1.31 bits per heavy atom. The van der Waals surface area contributed by atoms with Crippen molar-refractivity contribution in [3.8, 4) is 11.4 Å². The molecule has 2 N–H and O–H groups in total. The minimum atomic E-state index is -0.443. The van der Waals surface area contributed by atoms with Crippen molar-refractivity contribution in [3.05, 3.63) is 51.7 Å². The van der Waals surface area contributed by atoms with Gasteiger partial charge in [0.2, 0.25) is 5.91 Å². The van der Waals surface area contributed by atoms with Crippen LogP contribution in [0, 0.1) is 18.7 Å². The fourth-order valence-electron chi connectivity index (χ4n) is 3.92. The second-order valence-electron chi connectivity index (χ2n) is 7.90. The number of aromatic nitrogens is 2. The summed E-state index contributed by atoms with van der Waals surface area (Å²) in [5, 5.41) is 12.3. The molecule has 0 atom stereocenters. The number of benzene rings is 1. The predicted molar refractivity (Wildman–Crippen MR) is 109 cm³/mol. The van der Waals surface area contributed by atoms with Gasteiger partial charge in [-0.3, -0.25) is 14.2 Å². The molecule has 3 rings (SSSR count). The first-order chi connectivity index (χ1) is 13.9. The first-order valence-corrected chi connectivity index (χ1v) is 10.2. The van der Waals surface area contributed by atoms with Gasteiger partial charge in [0.05, 0.1) is 0 Å². The molecule has 1 aromatic carbocycles. The van der Waals surface area contributed by atoms with E-state index in [1.807, 2.05) is 0 Å². The molecule has 1 aromatic heterocycles. The summed E-state index contributed by atoms with van der Waals surface area (Å²) in [7, 11) is 0. The Bertz CT molecular complexity index is 933. The summed E-state index contributed by atoms with van der Waals surface area (Å²) >= 11 is 0. The molecule has 6 nitrogen and oxygen atoms in total. The van der Waals surface area contributed by atoms with Crippen LogP contribution in [0.15, 0.2) is 29.1 Å². The SMILES string of the molecule is Cc1nc(-c2cccc(F)c2)n(CC(=O)NC2CCC(C)CC2)c(=O)c1CCO. The molecule has 156 valence electrons. The van der Waals surface area contributed by atoms with Crippen LogP contribution in [0.2, 0.25) is 0 Å². The Kier molecular flexibility index (Phi) is 6.79. The highest BCUT2D eigenvalue weighted by Gasteiger charge is 2.22. The smallest absolute Gasteiger partial charge is 0.257 e. The number of nitrogens with zero attached hydrogens (tertiary/aromatic N) is 2. The van der Waals surface area contributed by atoms with E-state index in [1.54, 1.807) is 19.1 Å². The summed E-state index contributed by atoms with van der Waals surface area (Å²) in [6, 6.07) is 5.93. The highest BCUT2D eigenvalue weighted by Crippen LogP contribution is 2.23. The number of halogens is 1. The summed E-state index contributed by atoms with van der Waals surface area (Å²) in [4.78, 5) is 30.2. The number of nitrogens with one attached hydrogen (secondary N) is 1. The largest absolute Gasteiger partial charge is 0.396 e. The Morgan fingerprint density at radius 2 is 2.03 bits per heavy atom. The summed E-state index contributed by atoms with van der Waals surface area (Å²) in [5.41, 5.74) is 0.895. The highest BCUT2D eigenvalue weighted by atomic mass is 19.1. The topological polar surface area (TPSA) is 84.2 Å². The first kappa shape index (κ1) is 21.2. The van der Waals surface area contributed by atoms with Crippen LogP contribution in [-0.4, -0.2) is 33.2 Å². The molecular formula is C22H28FN3O3. The van der Waals surface area contributed by atoms with E-state index in [-0.39, 0.29) is 42.9 Å². The monoisotopic (exact) mass is 401 g/mol. The van der Waals surface area contributed by atoms with Crippen LogP contribution in [0.4, 0.5) is 4.39 Å². The summed E-state index contributed by atoms with van der Waals surface area (Å²) < 4.78 is 15.0. The fraction of sp³-hybridized carbons (Fsp3) is 0.500. The average molecular weight is 401 g/mol. The lowest BCUT2D eigenvalue weighted by atomic mass is 9.87. The number of aliphatic hydroxyl groups is 1. The molecule has 1 amide bonds. The lowest BCUT2D eigenvalue weighted by Gasteiger charge is -2.27. The first-order valence-electron chi connectivity index (χ1n) is 10.2. The van der Waals surface area contributed by atoms with E-state index in [4.69, 9.17) is 0 Å². The van der Waals surface area contributed by atoms with Crippen molar-refractivity contribution in [2.45, 2.75) is 58.5 Å². The van der Waals surface area contributed by atoms with E-state index in [9.17, 15) is 19.1 Å². The maximum atomic E-state index is 13.8. The van der Waals surface area contributed by atoms with E-state index in [2.05, 4.69) is 17.2 Å². The van der Waals surface area contributed by atoms with Gasteiger partial charge < -0.3 is 10.4 Å². The maximum Gasteiger partial charge on any atom is 0.257 e. The van der Waals surface area contributed by atoms with Gasteiger partial charge >= 0.3 is 0 Å². The Labute approximate surface area is 169 Å². The standard InChI is InChI=1S/C22H28FN3O3/c1-14-6-8-18(9-7-14)25-20(28)13-26-21(16-4-3-5-17(23)12-16)24-15(2)19(10-11-27)22(26)29/h3-5,12,14,18,27H,6-11,13H2,1-2H3,(H,25,28). The van der Waals surface area contributed by atoms with Crippen LogP contribution in [0.1, 0.15) is 43.9 Å². The number of hydrogen-bond acceptors (Lipinski definition) is 4. The second-order valence-corrected chi connectivity index (χ2v) is 7.90. The van der Waals surface area contributed by atoms with Crippen molar-refractivity contribution in [1.82, 2.24) is 14.9 Å². The molecule has 1 aliphatic carbocycles. The van der Waals surface area contributed by atoms with Gasteiger partial charge in [-0.15, -0.1) is 0 Å². The molecule has 1 heterocycles. The number of amides is 1. The molecular weight excluding hydrogens is 373 g/mol. The van der Waals surface area contributed by atoms with Gasteiger partial charge in [-0.2, -0.15) is 0 Å². The van der Waals surface area contributed by atoms with E-state index >= 15 is 0 Å². The van der Waals surface area contributed by atoms with Gasteiger partial charge in [-0.1, -0.05) is 19.1 Å². The summed E-state index contributed by atoms with van der Waals surface area (Å²) in [6.07, 6.45) is 4.17. The molecule has 0 bridgehead atoms. The Morgan fingerprint density at radius 3 is 2.69 bits per heavy atom. The molecule has 1 aliphatic rings. The molecule has 0 unspecified atom stereocenters. The minimum Gasteiger partial charge on any atom is -0.396 e. The molecule has 29 heavy (non-hydrogen) atoms. The van der Waals surface area contributed by atoms with Gasteiger partial charge in [0, 0.05) is 35.9 Å². The zero-order valence-electron chi connectivity index (χ0n) is 16.9. The molecule has 0 aliphatic heterocycles. The number of carbonyl (C=O) groups is 1. The molecule has 0 radical (unpaired) electrons. The van der Waals surface area contributed by atoms with Gasteiger partial charge in [0.1, 0.15) is 18.2 Å². The number of aliphatic hydroxyl groups excluding tert-OH is 1. The van der Waals surface area contributed by atoms with Crippen molar-refractivity contribution in [2.24, 2.45) is 5.92 Å². The Balaban J connectivity index is 1.93. The molecule has 7 heteroatoms. The van der Waals surface area contributed by atoms with Gasteiger partial charge in [-0.25, -0.2) is 9.37 Å². The maximum absolute atomic E-state index is 13.8. The quantitative estimate of drug-likeness (QED) is 0.779. The number of carbonyl (C=O) groups excluding carboxylic acids is 1. The van der Waals surface area contributed by atoms with Crippen LogP contribution in [0.3, 0.4) is 0 Å². The van der Waals surface area contributed by atoms with Crippen molar-refractivity contribution >= 4 is 5.91 Å². The third-order valence-corrected chi connectivity index (χ3v) is 5.60. The van der Waals surface area contributed by atoms with Gasteiger partial charge in [0.25, 0.3) is 5.56 Å². The van der Waals surface area contributed by atoms with Crippen LogP contribution < -0.4 is 10.9 Å². The van der Waals surface area contributed by atoms with E-state index in [0.717, 1.165) is 25.7 Å². The average Bonchev–Trinajstić information content (AvgIpc) is 2.69. The van der Waals surface area contributed by atoms with E-state index in [0.29, 0.717) is 22.7 Å². The second kappa shape index (κ2) is 9.31. The molecule has 0 spiro atoms. The van der Waals surface area contributed by atoms with E-state index < -0.39 is 5.82 Å². The molecule has 2 aromatic rings. The minimum absolute atomic E-state index is 0.113.